The van der Waals surface area contributed by atoms with Gasteiger partial charge in [-0.1, -0.05) is 6.08 Å². The number of carbonyl (C=O) groups is 2. The molecule has 0 saturated heterocycles. The summed E-state index contributed by atoms with van der Waals surface area (Å²) in [4.78, 5) is 21.7. The first kappa shape index (κ1) is 8.42. The SMILES string of the molecule is O=CC1=CC2=CC(=O)CCC2CC1. The number of carbonyl (C=O) groups excluding carboxylic acids is 2. The van der Waals surface area contributed by atoms with E-state index in [0.29, 0.717) is 12.3 Å². The summed E-state index contributed by atoms with van der Waals surface area (Å²) in [5, 5.41) is 0. The summed E-state index contributed by atoms with van der Waals surface area (Å²) in [5.41, 5.74) is 1.90. The first-order valence-corrected chi connectivity index (χ1v) is 4.70. The molecule has 0 saturated carbocycles. The van der Waals surface area contributed by atoms with Crippen LogP contribution in [0.4, 0.5) is 0 Å². The van der Waals surface area contributed by atoms with Crippen molar-refractivity contribution in [1.82, 2.24) is 0 Å². The van der Waals surface area contributed by atoms with E-state index in [1.54, 1.807) is 6.08 Å². The fourth-order valence-corrected chi connectivity index (χ4v) is 2.05. The molecule has 68 valence electrons. The van der Waals surface area contributed by atoms with Crippen LogP contribution in [0.2, 0.25) is 0 Å². The fourth-order valence-electron chi connectivity index (χ4n) is 2.05. The summed E-state index contributed by atoms with van der Waals surface area (Å²) < 4.78 is 0. The number of allylic oxidation sites excluding steroid dienone is 4. The molecular weight excluding hydrogens is 164 g/mol. The second-order valence-corrected chi connectivity index (χ2v) is 3.72. The third-order valence-corrected chi connectivity index (χ3v) is 2.82. The van der Waals surface area contributed by atoms with E-state index in [-0.39, 0.29) is 5.78 Å². The van der Waals surface area contributed by atoms with Crippen LogP contribution in [-0.2, 0) is 9.59 Å². The van der Waals surface area contributed by atoms with E-state index < -0.39 is 0 Å². The molecule has 13 heavy (non-hydrogen) atoms. The van der Waals surface area contributed by atoms with Crippen molar-refractivity contribution in [3.63, 3.8) is 0 Å². The summed E-state index contributed by atoms with van der Waals surface area (Å²) >= 11 is 0. The molecule has 1 atom stereocenters. The maximum absolute atomic E-state index is 11.1. The molecule has 2 heteroatoms. The molecule has 0 aromatic carbocycles. The zero-order valence-corrected chi connectivity index (χ0v) is 7.45. The van der Waals surface area contributed by atoms with Crippen molar-refractivity contribution < 1.29 is 9.59 Å². The van der Waals surface area contributed by atoms with Gasteiger partial charge in [-0.25, -0.2) is 0 Å². The minimum Gasteiger partial charge on any atom is -0.298 e. The quantitative estimate of drug-likeness (QED) is 0.571. The van der Waals surface area contributed by atoms with Crippen molar-refractivity contribution in [1.29, 1.82) is 0 Å². The lowest BCUT2D eigenvalue weighted by molar-refractivity contribution is -0.115. The summed E-state index contributed by atoms with van der Waals surface area (Å²) in [6, 6.07) is 0. The zero-order chi connectivity index (χ0) is 9.26. The van der Waals surface area contributed by atoms with E-state index >= 15 is 0 Å². The van der Waals surface area contributed by atoms with Gasteiger partial charge in [0.25, 0.3) is 0 Å². The summed E-state index contributed by atoms with van der Waals surface area (Å²) in [7, 11) is 0. The molecular formula is C11H12O2. The summed E-state index contributed by atoms with van der Waals surface area (Å²) in [6.45, 7) is 0. The molecule has 0 aromatic heterocycles. The van der Waals surface area contributed by atoms with Gasteiger partial charge in [-0.15, -0.1) is 0 Å². The molecule has 2 nitrogen and oxygen atoms in total. The van der Waals surface area contributed by atoms with Crippen molar-refractivity contribution in [2.24, 2.45) is 5.92 Å². The van der Waals surface area contributed by atoms with Crippen LogP contribution in [0.3, 0.4) is 0 Å². The Morgan fingerprint density at radius 2 is 2.00 bits per heavy atom. The predicted octanol–water partition coefficient (Wildman–Crippen LogP) is 1.81. The highest BCUT2D eigenvalue weighted by Crippen LogP contribution is 2.33. The molecule has 1 unspecified atom stereocenters. The Morgan fingerprint density at radius 1 is 1.23 bits per heavy atom. The molecule has 0 spiro atoms. The van der Waals surface area contributed by atoms with Crippen molar-refractivity contribution >= 4 is 12.1 Å². The van der Waals surface area contributed by atoms with Gasteiger partial charge in [0.1, 0.15) is 6.29 Å². The van der Waals surface area contributed by atoms with E-state index in [1.807, 2.05) is 6.08 Å². The minimum atomic E-state index is 0.203. The zero-order valence-electron chi connectivity index (χ0n) is 7.45. The number of fused-ring (bicyclic) bond motifs is 1. The largest absolute Gasteiger partial charge is 0.298 e. The van der Waals surface area contributed by atoms with Crippen LogP contribution in [-0.4, -0.2) is 12.1 Å². The summed E-state index contributed by atoms with van der Waals surface area (Å²) in [6.07, 6.45) is 8.04. The number of ketones is 1. The van der Waals surface area contributed by atoms with Crippen molar-refractivity contribution in [2.45, 2.75) is 25.7 Å². The second kappa shape index (κ2) is 3.29. The monoisotopic (exact) mass is 176 g/mol. The third-order valence-electron chi connectivity index (χ3n) is 2.82. The topological polar surface area (TPSA) is 34.1 Å². The van der Waals surface area contributed by atoms with Gasteiger partial charge in [-0.2, -0.15) is 0 Å². The number of aldehydes is 1. The van der Waals surface area contributed by atoms with Gasteiger partial charge in [0, 0.05) is 6.42 Å². The smallest absolute Gasteiger partial charge is 0.155 e. The van der Waals surface area contributed by atoms with E-state index in [2.05, 4.69) is 0 Å². The van der Waals surface area contributed by atoms with E-state index in [4.69, 9.17) is 0 Å². The highest BCUT2D eigenvalue weighted by molar-refractivity contribution is 5.92. The Bertz CT molecular complexity index is 307. The molecule has 2 aliphatic rings. The number of rotatable bonds is 1. The van der Waals surface area contributed by atoms with Crippen LogP contribution >= 0.6 is 0 Å². The normalized spacial score (nSPS) is 27.4. The highest BCUT2D eigenvalue weighted by Gasteiger charge is 2.23. The fraction of sp³-hybridized carbons (Fsp3) is 0.455. The lowest BCUT2D eigenvalue weighted by atomic mass is 9.79. The maximum atomic E-state index is 11.1. The Labute approximate surface area is 77.3 Å². The van der Waals surface area contributed by atoms with Crippen LogP contribution in [0.1, 0.15) is 25.7 Å². The van der Waals surface area contributed by atoms with Crippen molar-refractivity contribution in [2.75, 3.05) is 0 Å². The van der Waals surface area contributed by atoms with Crippen LogP contribution in [0.15, 0.2) is 23.3 Å². The third kappa shape index (κ3) is 1.62. The molecule has 2 aliphatic carbocycles. The Balaban J connectivity index is 2.31. The van der Waals surface area contributed by atoms with Gasteiger partial charge in [0.05, 0.1) is 0 Å². The molecule has 0 amide bonds. The van der Waals surface area contributed by atoms with Gasteiger partial charge in [-0.05, 0) is 42.4 Å². The van der Waals surface area contributed by atoms with Crippen LogP contribution in [0, 0.1) is 5.92 Å². The highest BCUT2D eigenvalue weighted by atomic mass is 16.1. The average molecular weight is 176 g/mol. The molecule has 0 fully saturated rings. The Morgan fingerprint density at radius 3 is 2.77 bits per heavy atom. The van der Waals surface area contributed by atoms with Gasteiger partial charge < -0.3 is 0 Å². The molecule has 0 aromatic rings. The first-order valence-electron chi connectivity index (χ1n) is 4.70. The maximum Gasteiger partial charge on any atom is 0.155 e. The number of hydrogen-bond donors (Lipinski definition) is 0. The standard InChI is InChI=1S/C11H12O2/c12-7-8-1-2-9-3-4-11(13)6-10(9)5-8/h5-7,9H,1-4H2. The van der Waals surface area contributed by atoms with E-state index in [9.17, 15) is 9.59 Å². The summed E-state index contributed by atoms with van der Waals surface area (Å²) in [5.74, 6) is 0.732. The van der Waals surface area contributed by atoms with Gasteiger partial charge >= 0.3 is 0 Å². The molecule has 0 heterocycles. The second-order valence-electron chi connectivity index (χ2n) is 3.72. The lowest BCUT2D eigenvalue weighted by Gasteiger charge is -2.25. The van der Waals surface area contributed by atoms with E-state index in [1.165, 1.54) is 0 Å². The van der Waals surface area contributed by atoms with Gasteiger partial charge in [0.2, 0.25) is 0 Å². The Kier molecular flexibility index (Phi) is 2.13. The molecule has 0 N–H and O–H groups in total. The lowest BCUT2D eigenvalue weighted by Crippen LogP contribution is -2.16. The van der Waals surface area contributed by atoms with Gasteiger partial charge in [-0.3, -0.25) is 9.59 Å². The van der Waals surface area contributed by atoms with Crippen molar-refractivity contribution in [3.05, 3.63) is 23.3 Å². The molecule has 0 aliphatic heterocycles. The average Bonchev–Trinajstić information content (AvgIpc) is 2.16. The number of hydrogen-bond acceptors (Lipinski definition) is 2. The Hall–Kier alpha value is -1.18. The van der Waals surface area contributed by atoms with Crippen LogP contribution in [0.25, 0.3) is 0 Å². The van der Waals surface area contributed by atoms with Crippen LogP contribution < -0.4 is 0 Å². The minimum absolute atomic E-state index is 0.203. The molecule has 0 radical (unpaired) electrons. The van der Waals surface area contributed by atoms with Gasteiger partial charge in [0.15, 0.2) is 5.78 Å². The molecule has 0 bridgehead atoms. The first-order chi connectivity index (χ1) is 6.29. The van der Waals surface area contributed by atoms with Crippen molar-refractivity contribution in [3.8, 4) is 0 Å². The van der Waals surface area contributed by atoms with E-state index in [0.717, 1.165) is 36.7 Å². The van der Waals surface area contributed by atoms with Crippen LogP contribution in [0.5, 0.6) is 0 Å². The predicted molar refractivity (Wildman–Crippen MR) is 49.2 cm³/mol. The molecule has 2 rings (SSSR count).